The zero-order chi connectivity index (χ0) is 15.0. The largest absolute Gasteiger partial charge is 0.481 e. The second-order valence-electron chi connectivity index (χ2n) is 4.95. The molecule has 0 saturated carbocycles. The van der Waals surface area contributed by atoms with Crippen molar-refractivity contribution in [2.45, 2.75) is 33.1 Å². The molecule has 1 aromatic carbocycles. The second kappa shape index (κ2) is 8.09. The first kappa shape index (κ1) is 15.9. The number of carboxylic acid groups (broad SMARTS) is 1. The van der Waals surface area contributed by atoms with E-state index in [1.165, 1.54) is 0 Å². The number of amides is 1. The molecule has 0 spiro atoms. The van der Waals surface area contributed by atoms with Crippen LogP contribution >= 0.6 is 0 Å². The predicted octanol–water partition coefficient (Wildman–Crippen LogP) is 2.42. The number of benzene rings is 1. The standard InChI is InChI=1S/C15H20N2O3/c1-11(2)10-14(18)17-16-13(8-9-15(19)20)12-6-4-3-5-7-12/h3-7,11H,8-10H2,1-2H3,(H,17,18)(H,19,20). The van der Waals surface area contributed by atoms with Gasteiger partial charge in [-0.2, -0.15) is 5.10 Å². The van der Waals surface area contributed by atoms with Crippen LogP contribution in [0.5, 0.6) is 0 Å². The summed E-state index contributed by atoms with van der Waals surface area (Å²) >= 11 is 0. The molecule has 20 heavy (non-hydrogen) atoms. The minimum absolute atomic E-state index is 0.0201. The van der Waals surface area contributed by atoms with E-state index in [0.29, 0.717) is 12.1 Å². The van der Waals surface area contributed by atoms with Gasteiger partial charge in [0.05, 0.1) is 12.1 Å². The van der Waals surface area contributed by atoms with E-state index in [2.05, 4.69) is 10.5 Å². The maximum absolute atomic E-state index is 11.6. The van der Waals surface area contributed by atoms with Gasteiger partial charge in [-0.3, -0.25) is 9.59 Å². The van der Waals surface area contributed by atoms with Gasteiger partial charge in [-0.25, -0.2) is 5.43 Å². The lowest BCUT2D eigenvalue weighted by Gasteiger charge is -2.07. The van der Waals surface area contributed by atoms with E-state index in [1.807, 2.05) is 44.2 Å². The summed E-state index contributed by atoms with van der Waals surface area (Å²) < 4.78 is 0. The van der Waals surface area contributed by atoms with E-state index in [0.717, 1.165) is 5.56 Å². The fraction of sp³-hybridized carbons (Fsp3) is 0.400. The summed E-state index contributed by atoms with van der Waals surface area (Å²) in [4.78, 5) is 22.3. The summed E-state index contributed by atoms with van der Waals surface area (Å²) in [5.74, 6) is -0.796. The first-order valence-electron chi connectivity index (χ1n) is 6.61. The summed E-state index contributed by atoms with van der Waals surface area (Å²) in [7, 11) is 0. The fourth-order valence-corrected chi connectivity index (χ4v) is 1.67. The number of carbonyl (C=O) groups excluding carboxylic acids is 1. The summed E-state index contributed by atoms with van der Waals surface area (Å²) in [6, 6.07) is 9.25. The predicted molar refractivity (Wildman–Crippen MR) is 77.4 cm³/mol. The number of hydrogen-bond donors (Lipinski definition) is 2. The van der Waals surface area contributed by atoms with E-state index in [4.69, 9.17) is 5.11 Å². The number of carboxylic acids is 1. The van der Waals surface area contributed by atoms with Crippen molar-refractivity contribution in [2.75, 3.05) is 0 Å². The lowest BCUT2D eigenvalue weighted by molar-refractivity contribution is -0.136. The molecule has 1 aromatic rings. The number of rotatable bonds is 7. The van der Waals surface area contributed by atoms with E-state index in [9.17, 15) is 9.59 Å². The molecule has 0 aliphatic carbocycles. The summed E-state index contributed by atoms with van der Waals surface area (Å²) in [6.45, 7) is 3.90. The number of carbonyl (C=O) groups is 2. The molecule has 0 aromatic heterocycles. The molecule has 0 heterocycles. The summed E-state index contributed by atoms with van der Waals surface area (Å²) in [5.41, 5.74) is 3.88. The van der Waals surface area contributed by atoms with Gasteiger partial charge in [0.15, 0.2) is 0 Å². The molecule has 1 rings (SSSR count). The highest BCUT2D eigenvalue weighted by Gasteiger charge is 2.08. The maximum atomic E-state index is 11.6. The molecule has 1 amide bonds. The third kappa shape index (κ3) is 6.13. The van der Waals surface area contributed by atoms with Crippen LogP contribution in [0.25, 0.3) is 0 Å². The average Bonchev–Trinajstić information content (AvgIpc) is 2.38. The molecule has 0 unspecified atom stereocenters. The minimum atomic E-state index is -0.887. The molecule has 0 fully saturated rings. The molecule has 2 N–H and O–H groups in total. The first-order valence-corrected chi connectivity index (χ1v) is 6.61. The Morgan fingerprint density at radius 1 is 1.20 bits per heavy atom. The third-order valence-electron chi connectivity index (χ3n) is 2.59. The number of aliphatic carboxylic acids is 1. The monoisotopic (exact) mass is 276 g/mol. The highest BCUT2D eigenvalue weighted by atomic mass is 16.4. The Morgan fingerprint density at radius 3 is 2.40 bits per heavy atom. The van der Waals surface area contributed by atoms with Gasteiger partial charge in [-0.05, 0) is 11.5 Å². The van der Waals surface area contributed by atoms with E-state index < -0.39 is 5.97 Å². The van der Waals surface area contributed by atoms with Gasteiger partial charge in [0, 0.05) is 12.8 Å². The van der Waals surface area contributed by atoms with Crippen LogP contribution in [0.4, 0.5) is 0 Å². The molecule has 0 radical (unpaired) electrons. The van der Waals surface area contributed by atoms with Crippen molar-refractivity contribution in [3.05, 3.63) is 35.9 Å². The molecule has 0 aliphatic rings. The Labute approximate surface area is 118 Å². The molecular weight excluding hydrogens is 256 g/mol. The quantitative estimate of drug-likeness (QED) is 0.593. The van der Waals surface area contributed by atoms with Gasteiger partial charge in [-0.1, -0.05) is 44.2 Å². The molecule has 0 bridgehead atoms. The topological polar surface area (TPSA) is 78.8 Å². The van der Waals surface area contributed by atoms with E-state index >= 15 is 0 Å². The van der Waals surface area contributed by atoms with Crippen LogP contribution in [-0.4, -0.2) is 22.7 Å². The lowest BCUT2D eigenvalue weighted by Crippen LogP contribution is -2.21. The average molecular weight is 276 g/mol. The van der Waals surface area contributed by atoms with Crippen LogP contribution in [0.1, 0.15) is 38.7 Å². The van der Waals surface area contributed by atoms with Crippen molar-refractivity contribution < 1.29 is 14.7 Å². The third-order valence-corrected chi connectivity index (χ3v) is 2.59. The van der Waals surface area contributed by atoms with Crippen molar-refractivity contribution in [3.63, 3.8) is 0 Å². The Kier molecular flexibility index (Phi) is 6.43. The number of hydrazone groups is 1. The van der Waals surface area contributed by atoms with Crippen LogP contribution in [0.3, 0.4) is 0 Å². The van der Waals surface area contributed by atoms with Gasteiger partial charge >= 0.3 is 5.97 Å². The van der Waals surface area contributed by atoms with Crippen LogP contribution in [0.15, 0.2) is 35.4 Å². The highest BCUT2D eigenvalue weighted by Crippen LogP contribution is 2.07. The molecule has 108 valence electrons. The molecule has 5 heteroatoms. The van der Waals surface area contributed by atoms with Crippen LogP contribution in [0, 0.1) is 5.92 Å². The highest BCUT2D eigenvalue weighted by molar-refractivity contribution is 6.02. The van der Waals surface area contributed by atoms with Crippen LogP contribution in [0.2, 0.25) is 0 Å². The second-order valence-corrected chi connectivity index (χ2v) is 4.95. The van der Waals surface area contributed by atoms with Gasteiger partial charge < -0.3 is 5.11 Å². The van der Waals surface area contributed by atoms with Gasteiger partial charge in [-0.15, -0.1) is 0 Å². The maximum Gasteiger partial charge on any atom is 0.303 e. The smallest absolute Gasteiger partial charge is 0.303 e. The van der Waals surface area contributed by atoms with Gasteiger partial charge in [0.25, 0.3) is 0 Å². The van der Waals surface area contributed by atoms with E-state index in [-0.39, 0.29) is 24.7 Å². The summed E-state index contributed by atoms with van der Waals surface area (Å²) in [5, 5.41) is 12.8. The molecular formula is C15H20N2O3. The Hall–Kier alpha value is -2.17. The van der Waals surface area contributed by atoms with Crippen molar-refractivity contribution in [3.8, 4) is 0 Å². The number of nitrogens with one attached hydrogen (secondary N) is 1. The van der Waals surface area contributed by atoms with Crippen LogP contribution in [-0.2, 0) is 9.59 Å². The number of hydrogen-bond acceptors (Lipinski definition) is 3. The molecule has 0 atom stereocenters. The molecule has 5 nitrogen and oxygen atoms in total. The van der Waals surface area contributed by atoms with Crippen molar-refractivity contribution in [2.24, 2.45) is 11.0 Å². The molecule has 0 saturated heterocycles. The normalized spacial score (nSPS) is 11.4. The van der Waals surface area contributed by atoms with Crippen molar-refractivity contribution in [1.82, 2.24) is 5.43 Å². The zero-order valence-electron chi connectivity index (χ0n) is 11.8. The van der Waals surface area contributed by atoms with Gasteiger partial charge in [0.1, 0.15) is 0 Å². The fourth-order valence-electron chi connectivity index (χ4n) is 1.67. The van der Waals surface area contributed by atoms with Crippen molar-refractivity contribution >= 4 is 17.6 Å². The van der Waals surface area contributed by atoms with Crippen LogP contribution < -0.4 is 5.43 Å². The molecule has 0 aliphatic heterocycles. The minimum Gasteiger partial charge on any atom is -0.481 e. The Balaban J connectivity index is 2.76. The van der Waals surface area contributed by atoms with Crippen molar-refractivity contribution in [1.29, 1.82) is 0 Å². The zero-order valence-corrected chi connectivity index (χ0v) is 11.8. The van der Waals surface area contributed by atoms with E-state index in [1.54, 1.807) is 0 Å². The Morgan fingerprint density at radius 2 is 1.85 bits per heavy atom. The SMILES string of the molecule is CC(C)CC(=O)NN=C(CCC(=O)O)c1ccccc1. The van der Waals surface area contributed by atoms with Gasteiger partial charge in [0.2, 0.25) is 5.91 Å². The Bertz CT molecular complexity index is 481. The first-order chi connectivity index (χ1) is 9.49. The summed E-state index contributed by atoms with van der Waals surface area (Å²) in [6.07, 6.45) is 0.652. The lowest BCUT2D eigenvalue weighted by atomic mass is 10.1. The number of nitrogens with zero attached hydrogens (tertiary/aromatic N) is 1.